The van der Waals surface area contributed by atoms with Crippen molar-refractivity contribution in [2.24, 2.45) is 0 Å². The van der Waals surface area contributed by atoms with Crippen LogP contribution in [0, 0.1) is 0 Å². The van der Waals surface area contributed by atoms with Gasteiger partial charge in [-0.05, 0) is 54.2 Å². The predicted octanol–water partition coefficient (Wildman–Crippen LogP) is 4.99. The zero-order chi connectivity index (χ0) is 21.8. The van der Waals surface area contributed by atoms with Crippen LogP contribution in [0.3, 0.4) is 0 Å². The van der Waals surface area contributed by atoms with Crippen molar-refractivity contribution in [1.29, 1.82) is 0 Å². The average Bonchev–Trinajstić information content (AvgIpc) is 3.53. The van der Waals surface area contributed by atoms with E-state index in [1.807, 2.05) is 29.2 Å². The number of aryl methyl sites for hydroxylation is 1. The second-order valence-corrected chi connectivity index (χ2v) is 8.39. The summed E-state index contributed by atoms with van der Waals surface area (Å²) in [4.78, 5) is 19.4. The summed E-state index contributed by atoms with van der Waals surface area (Å²) < 4.78 is 10.5. The molecule has 6 nitrogen and oxygen atoms in total. The molecule has 2 aromatic carbocycles. The summed E-state index contributed by atoms with van der Waals surface area (Å²) >= 11 is 0. The van der Waals surface area contributed by atoms with E-state index in [0.717, 1.165) is 24.2 Å². The number of carbonyl (C=O) groups is 1. The standard InChI is InChI=1S/C25H29N3O3/c1-17(2)19-6-4-18(5-7-19)16-28(21-10-11-21)24(29)15-14-23-26-25(27-31-23)20-8-12-22(30-3)13-9-20/h4-9,12-13,17,21H,10-11,14-16H2,1-3H3. The number of amides is 1. The maximum atomic E-state index is 12.9. The molecule has 1 aliphatic rings. The number of ether oxygens (including phenoxy) is 1. The molecule has 1 aromatic heterocycles. The summed E-state index contributed by atoms with van der Waals surface area (Å²) in [7, 11) is 1.63. The number of rotatable bonds is 9. The zero-order valence-corrected chi connectivity index (χ0v) is 18.4. The topological polar surface area (TPSA) is 68.5 Å². The Bertz CT molecular complexity index is 1010. The lowest BCUT2D eigenvalue weighted by molar-refractivity contribution is -0.132. The molecule has 0 unspecified atom stereocenters. The minimum atomic E-state index is 0.139. The average molecular weight is 420 g/mol. The Morgan fingerprint density at radius 1 is 1.13 bits per heavy atom. The van der Waals surface area contributed by atoms with Crippen LogP contribution < -0.4 is 4.74 Å². The van der Waals surface area contributed by atoms with Gasteiger partial charge >= 0.3 is 0 Å². The molecule has 4 rings (SSSR count). The van der Waals surface area contributed by atoms with Gasteiger partial charge in [0.1, 0.15) is 5.75 Å². The minimum Gasteiger partial charge on any atom is -0.497 e. The summed E-state index contributed by atoms with van der Waals surface area (Å²) in [6, 6.07) is 16.4. The summed E-state index contributed by atoms with van der Waals surface area (Å²) in [5, 5.41) is 4.05. The van der Waals surface area contributed by atoms with E-state index < -0.39 is 0 Å². The van der Waals surface area contributed by atoms with Gasteiger partial charge in [-0.1, -0.05) is 43.3 Å². The lowest BCUT2D eigenvalue weighted by Gasteiger charge is -2.22. The first-order valence-electron chi connectivity index (χ1n) is 10.9. The molecule has 1 aliphatic carbocycles. The van der Waals surface area contributed by atoms with Gasteiger partial charge in [0.25, 0.3) is 0 Å². The smallest absolute Gasteiger partial charge is 0.227 e. The molecule has 0 bridgehead atoms. The maximum absolute atomic E-state index is 12.9. The van der Waals surface area contributed by atoms with Crippen molar-refractivity contribution in [2.75, 3.05) is 7.11 Å². The molecule has 162 valence electrons. The Kier molecular flexibility index (Phi) is 6.35. The third kappa shape index (κ3) is 5.32. The predicted molar refractivity (Wildman–Crippen MR) is 119 cm³/mol. The van der Waals surface area contributed by atoms with Crippen molar-refractivity contribution in [3.8, 4) is 17.1 Å². The van der Waals surface area contributed by atoms with Crippen LogP contribution in [0.2, 0.25) is 0 Å². The molecule has 6 heteroatoms. The Morgan fingerprint density at radius 3 is 2.45 bits per heavy atom. The highest BCUT2D eigenvalue weighted by Gasteiger charge is 2.32. The molecule has 0 radical (unpaired) electrons. The molecule has 0 N–H and O–H groups in total. The van der Waals surface area contributed by atoms with Crippen LogP contribution in [0.15, 0.2) is 53.1 Å². The second-order valence-electron chi connectivity index (χ2n) is 8.39. The van der Waals surface area contributed by atoms with E-state index in [0.29, 0.717) is 43.1 Å². The van der Waals surface area contributed by atoms with Crippen molar-refractivity contribution >= 4 is 5.91 Å². The van der Waals surface area contributed by atoms with Crippen LogP contribution >= 0.6 is 0 Å². The van der Waals surface area contributed by atoms with Gasteiger partial charge in [-0.15, -0.1) is 0 Å². The van der Waals surface area contributed by atoms with Crippen LogP contribution in [0.1, 0.15) is 56.0 Å². The van der Waals surface area contributed by atoms with Crippen LogP contribution in [-0.4, -0.2) is 34.1 Å². The summed E-state index contributed by atoms with van der Waals surface area (Å²) in [6.45, 7) is 5.03. The molecule has 31 heavy (non-hydrogen) atoms. The number of carbonyl (C=O) groups excluding carboxylic acids is 1. The molecule has 0 aliphatic heterocycles. The molecule has 1 heterocycles. The lowest BCUT2D eigenvalue weighted by atomic mass is 10.0. The van der Waals surface area contributed by atoms with E-state index in [2.05, 4.69) is 48.3 Å². The Labute approximate surface area is 183 Å². The van der Waals surface area contributed by atoms with Crippen LogP contribution in [0.4, 0.5) is 0 Å². The van der Waals surface area contributed by atoms with Crippen LogP contribution in [0.5, 0.6) is 5.75 Å². The maximum Gasteiger partial charge on any atom is 0.227 e. The largest absolute Gasteiger partial charge is 0.497 e. The monoisotopic (exact) mass is 419 g/mol. The molecule has 0 atom stereocenters. The van der Waals surface area contributed by atoms with Gasteiger partial charge in [0.05, 0.1) is 7.11 Å². The Hall–Kier alpha value is -3.15. The van der Waals surface area contributed by atoms with Gasteiger partial charge in [-0.3, -0.25) is 4.79 Å². The Morgan fingerprint density at radius 2 is 1.84 bits per heavy atom. The first kappa shape index (κ1) is 21.1. The third-order valence-electron chi connectivity index (χ3n) is 5.68. The van der Waals surface area contributed by atoms with Crippen LogP contribution in [0.25, 0.3) is 11.4 Å². The number of hydrogen-bond donors (Lipinski definition) is 0. The fourth-order valence-electron chi connectivity index (χ4n) is 3.58. The van der Waals surface area contributed by atoms with Gasteiger partial charge in [-0.2, -0.15) is 4.98 Å². The molecular formula is C25H29N3O3. The number of hydrogen-bond acceptors (Lipinski definition) is 5. The highest BCUT2D eigenvalue weighted by molar-refractivity contribution is 5.77. The molecule has 0 saturated heterocycles. The number of benzene rings is 2. The fraction of sp³-hybridized carbons (Fsp3) is 0.400. The fourth-order valence-corrected chi connectivity index (χ4v) is 3.58. The number of aromatic nitrogens is 2. The molecule has 1 amide bonds. The minimum absolute atomic E-state index is 0.139. The first-order chi connectivity index (χ1) is 15.0. The lowest BCUT2D eigenvalue weighted by Crippen LogP contribution is -2.32. The van der Waals surface area contributed by atoms with E-state index in [9.17, 15) is 4.79 Å². The first-order valence-corrected chi connectivity index (χ1v) is 10.9. The van der Waals surface area contributed by atoms with Crippen molar-refractivity contribution in [3.63, 3.8) is 0 Å². The van der Waals surface area contributed by atoms with Gasteiger partial charge in [0, 0.05) is 31.0 Å². The molecule has 1 fully saturated rings. The van der Waals surface area contributed by atoms with E-state index in [1.54, 1.807) is 7.11 Å². The van der Waals surface area contributed by atoms with Crippen molar-refractivity contribution in [1.82, 2.24) is 15.0 Å². The van der Waals surface area contributed by atoms with E-state index in [4.69, 9.17) is 9.26 Å². The molecule has 3 aromatic rings. The SMILES string of the molecule is COc1ccc(-c2noc(CCC(=O)N(Cc3ccc(C(C)C)cc3)C3CC3)n2)cc1. The highest BCUT2D eigenvalue weighted by Crippen LogP contribution is 2.29. The highest BCUT2D eigenvalue weighted by atomic mass is 16.5. The van der Waals surface area contributed by atoms with E-state index in [-0.39, 0.29) is 5.91 Å². The van der Waals surface area contributed by atoms with Crippen molar-refractivity contribution in [2.45, 2.75) is 58.0 Å². The summed E-state index contributed by atoms with van der Waals surface area (Å²) in [5.41, 5.74) is 3.34. The summed E-state index contributed by atoms with van der Waals surface area (Å²) in [5.74, 6) is 2.43. The molecular weight excluding hydrogens is 390 g/mol. The van der Waals surface area contributed by atoms with Crippen molar-refractivity contribution < 1.29 is 14.1 Å². The molecule has 1 saturated carbocycles. The normalized spacial score (nSPS) is 13.4. The second kappa shape index (κ2) is 9.33. The van der Waals surface area contributed by atoms with E-state index >= 15 is 0 Å². The van der Waals surface area contributed by atoms with Gasteiger partial charge in [0.2, 0.25) is 17.6 Å². The van der Waals surface area contributed by atoms with Crippen LogP contribution in [-0.2, 0) is 17.8 Å². The van der Waals surface area contributed by atoms with Crippen molar-refractivity contribution in [3.05, 3.63) is 65.5 Å². The zero-order valence-electron chi connectivity index (χ0n) is 18.4. The van der Waals surface area contributed by atoms with Gasteiger partial charge in [-0.25, -0.2) is 0 Å². The third-order valence-corrected chi connectivity index (χ3v) is 5.68. The van der Waals surface area contributed by atoms with E-state index in [1.165, 1.54) is 11.1 Å². The number of nitrogens with zero attached hydrogens (tertiary/aromatic N) is 3. The quantitative estimate of drug-likeness (QED) is 0.489. The summed E-state index contributed by atoms with van der Waals surface area (Å²) in [6.07, 6.45) is 2.97. The van der Waals surface area contributed by atoms with Gasteiger partial charge < -0.3 is 14.2 Å². The Balaban J connectivity index is 1.36. The number of methoxy groups -OCH3 is 1. The van der Waals surface area contributed by atoms with Gasteiger partial charge in [0.15, 0.2) is 0 Å². The molecule has 0 spiro atoms.